The standard InChI is InChI=1S/C18H21NO3/c1-13-5-3-6-15(9-13)11-19-18(21)12-22-17-8-4-7-16(10-17)14(2)20/h3-10,14,20H,11-12H2,1-2H3,(H,19,21). The van der Waals surface area contributed by atoms with E-state index in [1.54, 1.807) is 25.1 Å². The highest BCUT2D eigenvalue weighted by Crippen LogP contribution is 2.18. The first-order chi connectivity index (χ1) is 10.5. The number of hydrogen-bond acceptors (Lipinski definition) is 3. The number of aryl methyl sites for hydroxylation is 1. The first-order valence-corrected chi connectivity index (χ1v) is 7.27. The summed E-state index contributed by atoms with van der Waals surface area (Å²) in [6.07, 6.45) is -0.557. The predicted octanol–water partition coefficient (Wildman–Crippen LogP) is 2.74. The molecule has 0 saturated carbocycles. The third kappa shape index (κ3) is 4.90. The van der Waals surface area contributed by atoms with E-state index < -0.39 is 6.10 Å². The molecule has 1 unspecified atom stereocenters. The Morgan fingerprint density at radius 1 is 1.23 bits per heavy atom. The van der Waals surface area contributed by atoms with Gasteiger partial charge in [-0.15, -0.1) is 0 Å². The van der Waals surface area contributed by atoms with Gasteiger partial charge in [0.05, 0.1) is 6.10 Å². The Balaban J connectivity index is 1.81. The molecule has 0 fully saturated rings. The molecule has 0 heterocycles. The van der Waals surface area contributed by atoms with Crippen LogP contribution in [0.3, 0.4) is 0 Å². The number of carbonyl (C=O) groups excluding carboxylic acids is 1. The van der Waals surface area contributed by atoms with Gasteiger partial charge in [-0.25, -0.2) is 0 Å². The Morgan fingerprint density at radius 2 is 2.00 bits per heavy atom. The van der Waals surface area contributed by atoms with Crippen molar-refractivity contribution >= 4 is 5.91 Å². The SMILES string of the molecule is Cc1cccc(CNC(=O)COc2cccc(C(C)O)c2)c1. The van der Waals surface area contributed by atoms with Crippen molar-refractivity contribution in [3.8, 4) is 5.75 Å². The molecule has 22 heavy (non-hydrogen) atoms. The van der Waals surface area contributed by atoms with Gasteiger partial charge in [-0.05, 0) is 37.1 Å². The van der Waals surface area contributed by atoms with Crippen molar-refractivity contribution in [3.05, 3.63) is 65.2 Å². The van der Waals surface area contributed by atoms with Gasteiger partial charge in [-0.3, -0.25) is 4.79 Å². The zero-order valence-corrected chi connectivity index (χ0v) is 12.9. The molecule has 0 radical (unpaired) electrons. The third-order valence-electron chi connectivity index (χ3n) is 3.28. The van der Waals surface area contributed by atoms with Crippen molar-refractivity contribution in [2.45, 2.75) is 26.5 Å². The maximum atomic E-state index is 11.8. The van der Waals surface area contributed by atoms with Gasteiger partial charge >= 0.3 is 0 Å². The molecule has 2 aromatic rings. The predicted molar refractivity (Wildman–Crippen MR) is 85.6 cm³/mol. The number of carbonyl (C=O) groups is 1. The monoisotopic (exact) mass is 299 g/mol. The van der Waals surface area contributed by atoms with Crippen LogP contribution in [0.5, 0.6) is 5.75 Å². The fourth-order valence-corrected chi connectivity index (χ4v) is 2.09. The van der Waals surface area contributed by atoms with Gasteiger partial charge < -0.3 is 15.2 Å². The summed E-state index contributed by atoms with van der Waals surface area (Å²) in [5.74, 6) is 0.396. The number of aliphatic hydroxyl groups is 1. The average Bonchev–Trinajstić information content (AvgIpc) is 2.51. The van der Waals surface area contributed by atoms with E-state index in [1.807, 2.05) is 37.3 Å². The van der Waals surface area contributed by atoms with E-state index in [0.29, 0.717) is 12.3 Å². The number of hydrogen-bond donors (Lipinski definition) is 2. The molecular formula is C18H21NO3. The Hall–Kier alpha value is -2.33. The lowest BCUT2D eigenvalue weighted by atomic mass is 10.1. The van der Waals surface area contributed by atoms with Gasteiger partial charge in [0.15, 0.2) is 6.61 Å². The molecule has 0 bridgehead atoms. The number of ether oxygens (including phenoxy) is 1. The van der Waals surface area contributed by atoms with Gasteiger partial charge in [-0.2, -0.15) is 0 Å². The third-order valence-corrected chi connectivity index (χ3v) is 3.28. The Bertz CT molecular complexity index is 638. The van der Waals surface area contributed by atoms with Crippen LogP contribution in [0.15, 0.2) is 48.5 Å². The summed E-state index contributed by atoms with van der Waals surface area (Å²) in [6, 6.07) is 15.1. The summed E-state index contributed by atoms with van der Waals surface area (Å²) in [5, 5.41) is 12.3. The zero-order valence-electron chi connectivity index (χ0n) is 12.9. The van der Waals surface area contributed by atoms with Crippen LogP contribution in [0, 0.1) is 6.92 Å². The van der Waals surface area contributed by atoms with Gasteiger partial charge in [-0.1, -0.05) is 42.0 Å². The van der Waals surface area contributed by atoms with Gasteiger partial charge in [0.2, 0.25) is 0 Å². The molecule has 0 spiro atoms. The average molecular weight is 299 g/mol. The highest BCUT2D eigenvalue weighted by Gasteiger charge is 2.05. The van der Waals surface area contributed by atoms with Crippen LogP contribution in [0.25, 0.3) is 0 Å². The second-order valence-corrected chi connectivity index (χ2v) is 5.30. The normalized spacial score (nSPS) is 11.8. The second-order valence-electron chi connectivity index (χ2n) is 5.30. The topological polar surface area (TPSA) is 58.6 Å². The quantitative estimate of drug-likeness (QED) is 0.862. The Kier molecular flexibility index (Phi) is 5.55. The van der Waals surface area contributed by atoms with Crippen molar-refractivity contribution < 1.29 is 14.6 Å². The van der Waals surface area contributed by atoms with Crippen LogP contribution >= 0.6 is 0 Å². The summed E-state index contributed by atoms with van der Waals surface area (Å²) < 4.78 is 5.45. The van der Waals surface area contributed by atoms with E-state index >= 15 is 0 Å². The Morgan fingerprint density at radius 3 is 2.73 bits per heavy atom. The Labute approximate surface area is 130 Å². The molecule has 2 rings (SSSR count). The number of aliphatic hydroxyl groups excluding tert-OH is 1. The maximum absolute atomic E-state index is 11.8. The molecule has 2 aromatic carbocycles. The van der Waals surface area contributed by atoms with Crippen molar-refractivity contribution in [3.63, 3.8) is 0 Å². The summed E-state index contributed by atoms with van der Waals surface area (Å²) in [6.45, 7) is 4.14. The highest BCUT2D eigenvalue weighted by molar-refractivity contribution is 5.77. The zero-order chi connectivity index (χ0) is 15.9. The van der Waals surface area contributed by atoms with Crippen molar-refractivity contribution in [2.75, 3.05) is 6.61 Å². The summed E-state index contributed by atoms with van der Waals surface area (Å²) >= 11 is 0. The molecule has 0 aliphatic carbocycles. The van der Waals surface area contributed by atoms with Crippen molar-refractivity contribution in [2.24, 2.45) is 0 Å². The van der Waals surface area contributed by atoms with Crippen LogP contribution in [0.2, 0.25) is 0 Å². The summed E-state index contributed by atoms with van der Waals surface area (Å²) in [4.78, 5) is 11.8. The van der Waals surface area contributed by atoms with Gasteiger partial charge in [0.25, 0.3) is 5.91 Å². The fourth-order valence-electron chi connectivity index (χ4n) is 2.09. The van der Waals surface area contributed by atoms with E-state index in [0.717, 1.165) is 16.7 Å². The van der Waals surface area contributed by atoms with E-state index in [-0.39, 0.29) is 12.5 Å². The second kappa shape index (κ2) is 7.61. The molecule has 4 nitrogen and oxygen atoms in total. The van der Waals surface area contributed by atoms with E-state index in [9.17, 15) is 9.90 Å². The van der Waals surface area contributed by atoms with E-state index in [4.69, 9.17) is 4.74 Å². The molecular weight excluding hydrogens is 278 g/mol. The summed E-state index contributed by atoms with van der Waals surface area (Å²) in [7, 11) is 0. The minimum Gasteiger partial charge on any atom is -0.484 e. The van der Waals surface area contributed by atoms with Crippen molar-refractivity contribution in [1.82, 2.24) is 5.32 Å². The summed E-state index contributed by atoms with van der Waals surface area (Å²) in [5.41, 5.74) is 2.99. The molecule has 0 aliphatic rings. The molecule has 1 atom stereocenters. The highest BCUT2D eigenvalue weighted by atomic mass is 16.5. The fraction of sp³-hybridized carbons (Fsp3) is 0.278. The van der Waals surface area contributed by atoms with E-state index in [1.165, 1.54) is 0 Å². The largest absolute Gasteiger partial charge is 0.484 e. The number of benzene rings is 2. The molecule has 0 saturated heterocycles. The van der Waals surface area contributed by atoms with E-state index in [2.05, 4.69) is 5.32 Å². The lowest BCUT2D eigenvalue weighted by Crippen LogP contribution is -2.28. The molecule has 0 aliphatic heterocycles. The molecule has 1 amide bonds. The molecule has 4 heteroatoms. The molecule has 116 valence electrons. The number of amides is 1. The minimum absolute atomic E-state index is 0.0465. The first kappa shape index (κ1) is 16.0. The van der Waals surface area contributed by atoms with Gasteiger partial charge in [0.1, 0.15) is 5.75 Å². The lowest BCUT2D eigenvalue weighted by molar-refractivity contribution is -0.123. The smallest absolute Gasteiger partial charge is 0.258 e. The minimum atomic E-state index is -0.557. The number of rotatable bonds is 6. The molecule has 0 aromatic heterocycles. The van der Waals surface area contributed by atoms with Crippen LogP contribution in [0.1, 0.15) is 29.7 Å². The molecule has 2 N–H and O–H groups in total. The van der Waals surface area contributed by atoms with Crippen LogP contribution in [-0.4, -0.2) is 17.6 Å². The number of nitrogens with one attached hydrogen (secondary N) is 1. The van der Waals surface area contributed by atoms with Crippen LogP contribution < -0.4 is 10.1 Å². The first-order valence-electron chi connectivity index (χ1n) is 7.27. The lowest BCUT2D eigenvalue weighted by Gasteiger charge is -2.10. The van der Waals surface area contributed by atoms with Gasteiger partial charge in [0, 0.05) is 6.54 Å². The van der Waals surface area contributed by atoms with Crippen LogP contribution in [-0.2, 0) is 11.3 Å². The maximum Gasteiger partial charge on any atom is 0.258 e. The van der Waals surface area contributed by atoms with Crippen LogP contribution in [0.4, 0.5) is 0 Å². The van der Waals surface area contributed by atoms with Crippen molar-refractivity contribution in [1.29, 1.82) is 0 Å².